The van der Waals surface area contributed by atoms with Crippen molar-refractivity contribution < 1.29 is 14.3 Å². The van der Waals surface area contributed by atoms with Crippen molar-refractivity contribution in [3.05, 3.63) is 24.3 Å². The molecule has 0 aromatic heterocycles. The number of carbonyl (C=O) groups is 1. The highest BCUT2D eigenvalue weighted by molar-refractivity contribution is 5.78. The van der Waals surface area contributed by atoms with Gasteiger partial charge in [0, 0.05) is 32.2 Å². The highest BCUT2D eigenvalue weighted by Crippen LogP contribution is 2.26. The first kappa shape index (κ1) is 13.2. The van der Waals surface area contributed by atoms with E-state index in [-0.39, 0.29) is 12.5 Å². The molecule has 2 heterocycles. The van der Waals surface area contributed by atoms with Crippen LogP contribution in [0.15, 0.2) is 24.3 Å². The lowest BCUT2D eigenvalue weighted by atomic mass is 10.0. The molecule has 2 fully saturated rings. The molecule has 2 aliphatic heterocycles. The van der Waals surface area contributed by atoms with E-state index in [4.69, 9.17) is 9.47 Å². The van der Waals surface area contributed by atoms with Gasteiger partial charge in [0.05, 0.1) is 7.11 Å². The van der Waals surface area contributed by atoms with Crippen molar-refractivity contribution in [1.29, 1.82) is 0 Å². The first-order chi connectivity index (χ1) is 9.76. The molecule has 108 valence electrons. The Morgan fingerprint density at radius 1 is 1.30 bits per heavy atom. The molecule has 2 atom stereocenters. The van der Waals surface area contributed by atoms with E-state index in [2.05, 4.69) is 5.32 Å². The number of carbonyl (C=O) groups excluding carboxylic acids is 1. The van der Waals surface area contributed by atoms with Crippen LogP contribution in [0, 0.1) is 11.8 Å². The van der Waals surface area contributed by atoms with Crippen molar-refractivity contribution in [1.82, 2.24) is 10.2 Å². The summed E-state index contributed by atoms with van der Waals surface area (Å²) in [6.45, 7) is 3.88. The molecule has 5 heteroatoms. The second-order valence-electron chi connectivity index (χ2n) is 5.44. The van der Waals surface area contributed by atoms with Gasteiger partial charge in [-0.15, -0.1) is 0 Å². The van der Waals surface area contributed by atoms with Crippen molar-refractivity contribution in [2.45, 2.75) is 0 Å². The van der Waals surface area contributed by atoms with Gasteiger partial charge in [-0.1, -0.05) is 6.07 Å². The predicted octanol–water partition coefficient (Wildman–Crippen LogP) is 0.752. The molecule has 0 aliphatic carbocycles. The number of fused-ring (bicyclic) bond motifs is 1. The third kappa shape index (κ3) is 2.72. The molecule has 1 aromatic carbocycles. The van der Waals surface area contributed by atoms with Crippen molar-refractivity contribution in [2.75, 3.05) is 39.9 Å². The number of rotatable bonds is 4. The van der Waals surface area contributed by atoms with Crippen LogP contribution in [-0.4, -0.2) is 50.7 Å². The SMILES string of the molecule is COc1cccc(OCC(=O)N2C[C@H]3CNC[C@H]3C2)c1. The lowest BCUT2D eigenvalue weighted by Crippen LogP contribution is -2.35. The number of amides is 1. The average molecular weight is 276 g/mol. The minimum Gasteiger partial charge on any atom is -0.497 e. The molecule has 0 spiro atoms. The molecule has 1 amide bonds. The maximum Gasteiger partial charge on any atom is 0.260 e. The van der Waals surface area contributed by atoms with Crippen molar-refractivity contribution >= 4 is 5.91 Å². The van der Waals surface area contributed by atoms with Crippen molar-refractivity contribution in [3.63, 3.8) is 0 Å². The molecular formula is C15H20N2O3. The van der Waals surface area contributed by atoms with Gasteiger partial charge in [-0.05, 0) is 24.0 Å². The van der Waals surface area contributed by atoms with E-state index in [9.17, 15) is 4.79 Å². The summed E-state index contributed by atoms with van der Waals surface area (Å²) in [7, 11) is 1.61. The third-order valence-electron chi connectivity index (χ3n) is 4.15. The van der Waals surface area contributed by atoms with Gasteiger partial charge in [-0.2, -0.15) is 0 Å². The van der Waals surface area contributed by atoms with Gasteiger partial charge in [-0.3, -0.25) is 4.79 Å². The topological polar surface area (TPSA) is 50.8 Å². The van der Waals surface area contributed by atoms with Gasteiger partial charge in [-0.25, -0.2) is 0 Å². The molecule has 0 saturated carbocycles. The number of nitrogens with one attached hydrogen (secondary N) is 1. The van der Waals surface area contributed by atoms with Crippen LogP contribution in [0.4, 0.5) is 0 Å². The van der Waals surface area contributed by atoms with E-state index in [1.54, 1.807) is 13.2 Å². The van der Waals surface area contributed by atoms with Crippen LogP contribution in [0.1, 0.15) is 0 Å². The molecule has 0 unspecified atom stereocenters. The smallest absolute Gasteiger partial charge is 0.260 e. The van der Waals surface area contributed by atoms with Crippen LogP contribution in [0.25, 0.3) is 0 Å². The van der Waals surface area contributed by atoms with Gasteiger partial charge in [0.1, 0.15) is 11.5 Å². The highest BCUT2D eigenvalue weighted by atomic mass is 16.5. The molecular weight excluding hydrogens is 256 g/mol. The minimum absolute atomic E-state index is 0.0715. The molecule has 3 rings (SSSR count). The first-order valence-corrected chi connectivity index (χ1v) is 7.01. The van der Waals surface area contributed by atoms with Crippen LogP contribution >= 0.6 is 0 Å². The lowest BCUT2D eigenvalue weighted by molar-refractivity contribution is -0.132. The summed E-state index contributed by atoms with van der Waals surface area (Å²) in [5.41, 5.74) is 0. The van der Waals surface area contributed by atoms with Crippen LogP contribution in [-0.2, 0) is 4.79 Å². The monoisotopic (exact) mass is 276 g/mol. The van der Waals surface area contributed by atoms with Gasteiger partial charge in [0.15, 0.2) is 6.61 Å². The molecule has 2 aliphatic rings. The molecule has 5 nitrogen and oxygen atoms in total. The molecule has 2 saturated heterocycles. The van der Waals surface area contributed by atoms with E-state index >= 15 is 0 Å². The summed E-state index contributed by atoms with van der Waals surface area (Å²) in [6, 6.07) is 7.32. The fourth-order valence-corrected chi connectivity index (χ4v) is 2.99. The average Bonchev–Trinajstić information content (AvgIpc) is 3.06. The highest BCUT2D eigenvalue weighted by Gasteiger charge is 2.37. The largest absolute Gasteiger partial charge is 0.497 e. The van der Waals surface area contributed by atoms with Crippen LogP contribution < -0.4 is 14.8 Å². The van der Waals surface area contributed by atoms with E-state index in [1.807, 2.05) is 23.1 Å². The van der Waals surface area contributed by atoms with Gasteiger partial charge < -0.3 is 19.7 Å². The minimum atomic E-state index is 0.0715. The fraction of sp³-hybridized carbons (Fsp3) is 0.533. The number of ether oxygens (including phenoxy) is 2. The number of benzene rings is 1. The number of nitrogens with zero attached hydrogens (tertiary/aromatic N) is 1. The Balaban J connectivity index is 1.52. The quantitative estimate of drug-likeness (QED) is 0.882. The van der Waals surface area contributed by atoms with Crippen LogP contribution in [0.3, 0.4) is 0 Å². The van der Waals surface area contributed by atoms with E-state index in [0.717, 1.165) is 31.9 Å². The van der Waals surface area contributed by atoms with Gasteiger partial charge >= 0.3 is 0 Å². The number of likely N-dealkylation sites (tertiary alicyclic amines) is 1. The standard InChI is InChI=1S/C15H20N2O3/c1-19-13-3-2-4-14(5-13)20-10-15(18)17-8-11-6-16-7-12(11)9-17/h2-5,11-12,16H,6-10H2,1H3/t11-,12+. The molecule has 0 radical (unpaired) electrons. The first-order valence-electron chi connectivity index (χ1n) is 7.01. The van der Waals surface area contributed by atoms with Crippen LogP contribution in [0.2, 0.25) is 0 Å². The summed E-state index contributed by atoms with van der Waals surface area (Å²) in [5, 5.41) is 3.37. The zero-order valence-electron chi connectivity index (χ0n) is 11.7. The molecule has 0 bridgehead atoms. The molecule has 1 N–H and O–H groups in total. The van der Waals surface area contributed by atoms with Crippen LogP contribution in [0.5, 0.6) is 11.5 Å². The predicted molar refractivity (Wildman–Crippen MR) is 74.9 cm³/mol. The normalized spacial score (nSPS) is 24.6. The maximum absolute atomic E-state index is 12.2. The second-order valence-corrected chi connectivity index (χ2v) is 5.44. The van der Waals surface area contributed by atoms with Crippen molar-refractivity contribution in [3.8, 4) is 11.5 Å². The maximum atomic E-state index is 12.2. The zero-order chi connectivity index (χ0) is 13.9. The second kappa shape index (κ2) is 5.71. The zero-order valence-corrected chi connectivity index (χ0v) is 11.7. The van der Waals surface area contributed by atoms with Gasteiger partial charge in [0.25, 0.3) is 5.91 Å². The van der Waals surface area contributed by atoms with Gasteiger partial charge in [0.2, 0.25) is 0 Å². The number of methoxy groups -OCH3 is 1. The van der Waals surface area contributed by atoms with E-state index in [0.29, 0.717) is 17.6 Å². The van der Waals surface area contributed by atoms with Crippen molar-refractivity contribution in [2.24, 2.45) is 11.8 Å². The number of hydrogen-bond acceptors (Lipinski definition) is 4. The fourth-order valence-electron chi connectivity index (χ4n) is 2.99. The van der Waals surface area contributed by atoms with E-state index in [1.165, 1.54) is 0 Å². The number of hydrogen-bond donors (Lipinski definition) is 1. The Morgan fingerprint density at radius 2 is 2.00 bits per heavy atom. The summed E-state index contributed by atoms with van der Waals surface area (Å²) < 4.78 is 10.7. The summed E-state index contributed by atoms with van der Waals surface area (Å²) in [5.74, 6) is 2.71. The Labute approximate surface area is 118 Å². The summed E-state index contributed by atoms with van der Waals surface area (Å²) >= 11 is 0. The summed E-state index contributed by atoms with van der Waals surface area (Å²) in [6.07, 6.45) is 0. The molecule has 1 aromatic rings. The summed E-state index contributed by atoms with van der Waals surface area (Å²) in [4.78, 5) is 14.1. The lowest BCUT2D eigenvalue weighted by Gasteiger charge is -2.17. The Bertz CT molecular complexity index is 480. The Morgan fingerprint density at radius 3 is 2.70 bits per heavy atom. The Kier molecular flexibility index (Phi) is 3.78. The Hall–Kier alpha value is -1.75. The third-order valence-corrected chi connectivity index (χ3v) is 4.15. The molecule has 20 heavy (non-hydrogen) atoms. The van der Waals surface area contributed by atoms with E-state index < -0.39 is 0 Å².